The first kappa shape index (κ1) is 28.9. The molecule has 0 fully saturated rings. The van der Waals surface area contributed by atoms with Crippen molar-refractivity contribution >= 4 is 17.3 Å². The highest BCUT2D eigenvalue weighted by Gasteiger charge is 2.26. The SMILES string of the molecule is CCCC(CCC)C(C)CCCC(=O)Oc1cccc2c1CCC(N(CCC)CCc1cccs1)C2. The van der Waals surface area contributed by atoms with Crippen molar-refractivity contribution < 1.29 is 9.53 Å². The van der Waals surface area contributed by atoms with Gasteiger partial charge in [0.1, 0.15) is 5.75 Å². The highest BCUT2D eigenvalue weighted by Crippen LogP contribution is 2.32. The molecule has 1 aliphatic carbocycles. The molecule has 3 rings (SSSR count). The number of fused-ring (bicyclic) bond motifs is 1. The standard InChI is InChI=1S/C32H49NO2S/c1-5-11-26(12-6-2)25(4)13-8-17-32(34)35-31-16-9-14-27-24-28(18-19-30(27)31)33(21-7-3)22-20-29-15-10-23-36-29/h9-10,14-16,23,25-26,28H,5-8,11-13,17-22,24H2,1-4H3. The summed E-state index contributed by atoms with van der Waals surface area (Å²) in [7, 11) is 0. The molecule has 36 heavy (non-hydrogen) atoms. The maximum Gasteiger partial charge on any atom is 0.311 e. The van der Waals surface area contributed by atoms with Crippen LogP contribution in [0.3, 0.4) is 0 Å². The zero-order valence-electron chi connectivity index (χ0n) is 23.3. The molecule has 200 valence electrons. The van der Waals surface area contributed by atoms with E-state index < -0.39 is 0 Å². The summed E-state index contributed by atoms with van der Waals surface area (Å²) in [4.78, 5) is 16.9. The van der Waals surface area contributed by atoms with E-state index in [-0.39, 0.29) is 5.97 Å². The van der Waals surface area contributed by atoms with Crippen molar-refractivity contribution in [3.63, 3.8) is 0 Å². The van der Waals surface area contributed by atoms with Gasteiger partial charge in [-0.15, -0.1) is 11.3 Å². The molecular formula is C32H49NO2S. The van der Waals surface area contributed by atoms with Gasteiger partial charge >= 0.3 is 5.97 Å². The normalized spacial score (nSPS) is 16.3. The predicted molar refractivity (Wildman–Crippen MR) is 154 cm³/mol. The summed E-state index contributed by atoms with van der Waals surface area (Å²) in [5.41, 5.74) is 2.63. The number of hydrogen-bond donors (Lipinski definition) is 0. The molecule has 0 aliphatic heterocycles. The minimum atomic E-state index is -0.0659. The van der Waals surface area contributed by atoms with Crippen LogP contribution >= 0.6 is 11.3 Å². The topological polar surface area (TPSA) is 29.5 Å². The van der Waals surface area contributed by atoms with E-state index in [4.69, 9.17) is 4.74 Å². The Balaban J connectivity index is 1.52. The second-order valence-corrected chi connectivity index (χ2v) is 11.9. The van der Waals surface area contributed by atoms with E-state index >= 15 is 0 Å². The molecule has 0 spiro atoms. The average Bonchev–Trinajstić information content (AvgIpc) is 3.40. The number of hydrogen-bond acceptors (Lipinski definition) is 4. The minimum absolute atomic E-state index is 0.0659. The quantitative estimate of drug-likeness (QED) is 0.167. The number of rotatable bonds is 16. The molecule has 0 amide bonds. The van der Waals surface area contributed by atoms with Crippen LogP contribution in [0.25, 0.3) is 0 Å². The number of esters is 1. The monoisotopic (exact) mass is 511 g/mol. The van der Waals surface area contributed by atoms with E-state index in [9.17, 15) is 4.79 Å². The highest BCUT2D eigenvalue weighted by atomic mass is 32.1. The number of nitrogens with zero attached hydrogens (tertiary/aromatic N) is 1. The Bertz CT molecular complexity index is 888. The first-order valence-electron chi connectivity index (χ1n) is 14.6. The Morgan fingerprint density at radius 3 is 2.56 bits per heavy atom. The lowest BCUT2D eigenvalue weighted by molar-refractivity contribution is -0.134. The molecular weight excluding hydrogens is 462 g/mol. The number of carbonyl (C=O) groups is 1. The fourth-order valence-corrected chi connectivity index (χ4v) is 6.76. The van der Waals surface area contributed by atoms with E-state index in [2.05, 4.69) is 62.2 Å². The molecule has 0 saturated carbocycles. The molecule has 1 aliphatic rings. The fourth-order valence-electron chi connectivity index (χ4n) is 6.07. The van der Waals surface area contributed by atoms with Crippen LogP contribution in [0.2, 0.25) is 0 Å². The van der Waals surface area contributed by atoms with Crippen LogP contribution in [0, 0.1) is 11.8 Å². The van der Waals surface area contributed by atoms with Gasteiger partial charge < -0.3 is 4.74 Å². The fraction of sp³-hybridized carbons (Fsp3) is 0.656. The van der Waals surface area contributed by atoms with Gasteiger partial charge in [0.25, 0.3) is 0 Å². The third kappa shape index (κ3) is 8.73. The van der Waals surface area contributed by atoms with Crippen molar-refractivity contribution in [1.82, 2.24) is 4.90 Å². The Labute approximate surface area is 224 Å². The Hall–Kier alpha value is -1.65. The lowest BCUT2D eigenvalue weighted by Gasteiger charge is -2.35. The molecule has 0 bridgehead atoms. The third-order valence-corrected chi connectivity index (χ3v) is 8.99. The van der Waals surface area contributed by atoms with E-state index in [1.807, 2.05) is 17.4 Å². The van der Waals surface area contributed by atoms with E-state index in [0.717, 1.165) is 63.3 Å². The van der Waals surface area contributed by atoms with Gasteiger partial charge in [0.15, 0.2) is 0 Å². The molecule has 0 radical (unpaired) electrons. The Morgan fingerprint density at radius 1 is 1.06 bits per heavy atom. The van der Waals surface area contributed by atoms with Gasteiger partial charge in [0, 0.05) is 23.9 Å². The van der Waals surface area contributed by atoms with Gasteiger partial charge in [0.2, 0.25) is 0 Å². The van der Waals surface area contributed by atoms with Crippen LogP contribution < -0.4 is 4.74 Å². The van der Waals surface area contributed by atoms with E-state index in [0.29, 0.717) is 18.4 Å². The van der Waals surface area contributed by atoms with Crippen LogP contribution in [0.15, 0.2) is 35.7 Å². The number of benzene rings is 1. The Morgan fingerprint density at radius 2 is 1.86 bits per heavy atom. The van der Waals surface area contributed by atoms with Gasteiger partial charge in [-0.3, -0.25) is 9.69 Å². The molecule has 2 unspecified atom stereocenters. The van der Waals surface area contributed by atoms with Crippen LogP contribution in [0.4, 0.5) is 0 Å². The van der Waals surface area contributed by atoms with Crippen molar-refractivity contribution in [2.45, 2.75) is 111 Å². The van der Waals surface area contributed by atoms with Gasteiger partial charge in [0.05, 0.1) is 0 Å². The first-order chi connectivity index (χ1) is 17.5. The zero-order chi connectivity index (χ0) is 25.8. The lowest BCUT2D eigenvalue weighted by atomic mass is 9.83. The Kier molecular flexibility index (Phi) is 12.5. The lowest BCUT2D eigenvalue weighted by Crippen LogP contribution is -2.41. The summed E-state index contributed by atoms with van der Waals surface area (Å²) < 4.78 is 5.94. The molecule has 0 N–H and O–H groups in total. The van der Waals surface area contributed by atoms with Crippen LogP contribution in [0.1, 0.15) is 101 Å². The van der Waals surface area contributed by atoms with Gasteiger partial charge in [-0.25, -0.2) is 0 Å². The second-order valence-electron chi connectivity index (χ2n) is 10.8. The molecule has 1 aromatic heterocycles. The van der Waals surface area contributed by atoms with E-state index in [1.165, 1.54) is 48.1 Å². The number of thiophene rings is 1. The molecule has 2 aromatic rings. The highest BCUT2D eigenvalue weighted by molar-refractivity contribution is 7.09. The van der Waals surface area contributed by atoms with Gasteiger partial charge in [-0.1, -0.05) is 71.6 Å². The largest absolute Gasteiger partial charge is 0.426 e. The molecule has 0 saturated heterocycles. The molecule has 1 heterocycles. The molecule has 2 atom stereocenters. The van der Waals surface area contributed by atoms with Gasteiger partial charge in [-0.05, 0) is 92.0 Å². The van der Waals surface area contributed by atoms with Crippen LogP contribution in [0.5, 0.6) is 5.75 Å². The molecule has 3 nitrogen and oxygen atoms in total. The summed E-state index contributed by atoms with van der Waals surface area (Å²) in [6.07, 6.45) is 13.2. The minimum Gasteiger partial charge on any atom is -0.426 e. The summed E-state index contributed by atoms with van der Waals surface area (Å²) in [5.74, 6) is 2.22. The smallest absolute Gasteiger partial charge is 0.311 e. The number of carbonyl (C=O) groups excluding carboxylic acids is 1. The maximum atomic E-state index is 12.7. The van der Waals surface area contributed by atoms with Crippen LogP contribution in [-0.2, 0) is 24.1 Å². The van der Waals surface area contributed by atoms with E-state index in [1.54, 1.807) is 0 Å². The molecule has 1 aromatic carbocycles. The summed E-state index contributed by atoms with van der Waals surface area (Å²) in [6, 6.07) is 11.3. The van der Waals surface area contributed by atoms with Crippen LogP contribution in [-0.4, -0.2) is 30.0 Å². The maximum absolute atomic E-state index is 12.7. The third-order valence-electron chi connectivity index (χ3n) is 8.05. The van der Waals surface area contributed by atoms with Crippen molar-refractivity contribution in [2.75, 3.05) is 13.1 Å². The molecule has 4 heteroatoms. The summed E-state index contributed by atoms with van der Waals surface area (Å²) in [6.45, 7) is 11.5. The van der Waals surface area contributed by atoms with Crippen molar-refractivity contribution in [3.05, 3.63) is 51.7 Å². The summed E-state index contributed by atoms with van der Waals surface area (Å²) >= 11 is 1.86. The van der Waals surface area contributed by atoms with Gasteiger partial charge in [-0.2, -0.15) is 0 Å². The number of ether oxygens (including phenoxy) is 1. The second kappa shape index (κ2) is 15.6. The van der Waals surface area contributed by atoms with Crippen molar-refractivity contribution in [2.24, 2.45) is 11.8 Å². The predicted octanol–water partition coefficient (Wildman–Crippen LogP) is 8.49. The van der Waals surface area contributed by atoms with Crippen molar-refractivity contribution in [1.29, 1.82) is 0 Å². The van der Waals surface area contributed by atoms with Crippen molar-refractivity contribution in [3.8, 4) is 5.75 Å². The summed E-state index contributed by atoms with van der Waals surface area (Å²) in [5, 5.41) is 2.18. The first-order valence-corrected chi connectivity index (χ1v) is 15.5. The zero-order valence-corrected chi connectivity index (χ0v) is 24.1. The average molecular weight is 512 g/mol.